The number of nitrogens with one attached hydrogen (secondary N) is 3. The minimum Gasteiger partial charge on any atom is -0.380 e. The van der Waals surface area contributed by atoms with Gasteiger partial charge in [-0.05, 0) is 37.1 Å². The van der Waals surface area contributed by atoms with Crippen LogP contribution in [0.25, 0.3) is 0 Å². The Morgan fingerprint density at radius 1 is 1.27 bits per heavy atom. The van der Waals surface area contributed by atoms with Crippen LogP contribution in [0.3, 0.4) is 0 Å². The molecule has 3 amide bonds. The Labute approximate surface area is 159 Å². The summed E-state index contributed by atoms with van der Waals surface area (Å²) in [5.41, 5.74) is 6.78. The van der Waals surface area contributed by atoms with Crippen molar-refractivity contribution < 1.29 is 19.1 Å². The van der Waals surface area contributed by atoms with E-state index in [4.69, 9.17) is 15.2 Å². The number of benzene rings is 1. The number of nitrogens with two attached hydrogens (primary N) is 1. The highest BCUT2D eigenvalue weighted by Gasteiger charge is 2.16. The summed E-state index contributed by atoms with van der Waals surface area (Å²) in [7, 11) is 1.52. The van der Waals surface area contributed by atoms with Crippen molar-refractivity contribution in [2.45, 2.75) is 31.5 Å². The van der Waals surface area contributed by atoms with E-state index >= 15 is 0 Å². The van der Waals surface area contributed by atoms with Crippen LogP contribution in [0.5, 0.6) is 0 Å². The maximum absolute atomic E-state index is 11.9. The van der Waals surface area contributed by atoms with E-state index in [-0.39, 0.29) is 49.5 Å². The quantitative estimate of drug-likeness (QED) is 0.543. The third-order valence-electron chi connectivity index (χ3n) is 3.95. The topological polar surface area (TPSA) is 115 Å². The van der Waals surface area contributed by atoms with Gasteiger partial charge in [-0.15, -0.1) is 12.4 Å². The molecule has 1 fully saturated rings. The van der Waals surface area contributed by atoms with Gasteiger partial charge >= 0.3 is 6.03 Å². The number of carbonyl (C=O) groups is 2. The molecule has 146 valence electrons. The van der Waals surface area contributed by atoms with Gasteiger partial charge in [-0.25, -0.2) is 4.79 Å². The number of urea groups is 1. The Balaban J connectivity index is 0.00000338. The SMILES string of the molecule is COC(CN)CC(=O)Nc1ccc(NC(=O)NCC2CCCO2)cc1.Cl. The van der Waals surface area contributed by atoms with E-state index in [0.29, 0.717) is 17.9 Å². The molecular formula is C17H27ClN4O4. The summed E-state index contributed by atoms with van der Waals surface area (Å²) in [4.78, 5) is 23.7. The van der Waals surface area contributed by atoms with Gasteiger partial charge in [0, 0.05) is 38.2 Å². The molecule has 0 spiro atoms. The molecular weight excluding hydrogens is 360 g/mol. The number of carbonyl (C=O) groups excluding carboxylic acids is 2. The molecule has 26 heavy (non-hydrogen) atoms. The second-order valence-electron chi connectivity index (χ2n) is 5.89. The highest BCUT2D eigenvalue weighted by Crippen LogP contribution is 2.14. The molecule has 0 radical (unpaired) electrons. The van der Waals surface area contributed by atoms with Gasteiger partial charge in [-0.3, -0.25) is 4.79 Å². The van der Waals surface area contributed by atoms with Crippen molar-refractivity contribution in [3.63, 3.8) is 0 Å². The summed E-state index contributed by atoms with van der Waals surface area (Å²) < 4.78 is 10.5. The first kappa shape index (κ1) is 22.2. The van der Waals surface area contributed by atoms with Crippen LogP contribution in [-0.2, 0) is 14.3 Å². The zero-order valence-corrected chi connectivity index (χ0v) is 15.6. The number of hydrogen-bond acceptors (Lipinski definition) is 5. The molecule has 0 bridgehead atoms. The normalized spacial score (nSPS) is 17.1. The van der Waals surface area contributed by atoms with E-state index in [1.54, 1.807) is 24.3 Å². The second-order valence-corrected chi connectivity index (χ2v) is 5.89. The van der Waals surface area contributed by atoms with Crippen molar-refractivity contribution in [3.8, 4) is 0 Å². The molecule has 1 aliphatic rings. The Kier molecular flexibility index (Phi) is 9.97. The molecule has 1 aliphatic heterocycles. The summed E-state index contributed by atoms with van der Waals surface area (Å²) in [5, 5.41) is 8.29. The van der Waals surface area contributed by atoms with Crippen LogP contribution >= 0.6 is 12.4 Å². The molecule has 0 aromatic heterocycles. The molecule has 0 saturated carbocycles. The Bertz CT molecular complexity index is 560. The largest absolute Gasteiger partial charge is 0.380 e. The zero-order valence-electron chi connectivity index (χ0n) is 14.8. The molecule has 1 aromatic carbocycles. The average molecular weight is 387 g/mol. The summed E-state index contributed by atoms with van der Waals surface area (Å²) in [6.07, 6.45) is 2.01. The van der Waals surface area contributed by atoms with Crippen LogP contribution in [0.1, 0.15) is 19.3 Å². The average Bonchev–Trinajstić information content (AvgIpc) is 3.13. The van der Waals surface area contributed by atoms with Crippen molar-refractivity contribution in [3.05, 3.63) is 24.3 Å². The van der Waals surface area contributed by atoms with Crippen molar-refractivity contribution in [1.82, 2.24) is 5.32 Å². The van der Waals surface area contributed by atoms with Gasteiger partial charge in [0.15, 0.2) is 0 Å². The number of hydrogen-bond donors (Lipinski definition) is 4. The predicted octanol–water partition coefficient (Wildman–Crippen LogP) is 1.71. The van der Waals surface area contributed by atoms with Crippen molar-refractivity contribution in [1.29, 1.82) is 0 Å². The van der Waals surface area contributed by atoms with Crippen LogP contribution < -0.4 is 21.7 Å². The fourth-order valence-electron chi connectivity index (χ4n) is 2.51. The lowest BCUT2D eigenvalue weighted by atomic mass is 10.2. The van der Waals surface area contributed by atoms with Gasteiger partial charge in [0.1, 0.15) is 0 Å². The number of rotatable bonds is 8. The Morgan fingerprint density at radius 3 is 2.46 bits per heavy atom. The van der Waals surface area contributed by atoms with Crippen LogP contribution in [-0.4, -0.2) is 51.0 Å². The van der Waals surface area contributed by atoms with E-state index in [0.717, 1.165) is 19.4 Å². The molecule has 0 aliphatic carbocycles. The van der Waals surface area contributed by atoms with Gasteiger partial charge in [0.05, 0.1) is 18.6 Å². The molecule has 1 heterocycles. The van der Waals surface area contributed by atoms with Gasteiger partial charge in [0.25, 0.3) is 0 Å². The van der Waals surface area contributed by atoms with E-state index in [1.807, 2.05) is 0 Å². The van der Waals surface area contributed by atoms with Crippen molar-refractivity contribution in [2.24, 2.45) is 5.73 Å². The molecule has 1 saturated heterocycles. The molecule has 2 rings (SSSR count). The lowest BCUT2D eigenvalue weighted by Crippen LogP contribution is -2.35. The maximum atomic E-state index is 11.9. The minimum atomic E-state index is -0.298. The first-order valence-corrected chi connectivity index (χ1v) is 8.40. The number of ether oxygens (including phenoxy) is 2. The third-order valence-corrected chi connectivity index (χ3v) is 3.95. The van der Waals surface area contributed by atoms with Gasteiger partial charge in [-0.1, -0.05) is 0 Å². The summed E-state index contributed by atoms with van der Waals surface area (Å²) in [5.74, 6) is -0.174. The number of amides is 3. The Morgan fingerprint density at radius 2 is 1.92 bits per heavy atom. The second kappa shape index (κ2) is 11.7. The zero-order chi connectivity index (χ0) is 18.1. The summed E-state index contributed by atoms with van der Waals surface area (Å²) >= 11 is 0. The van der Waals surface area contributed by atoms with E-state index < -0.39 is 0 Å². The maximum Gasteiger partial charge on any atom is 0.319 e. The molecule has 2 atom stereocenters. The number of methoxy groups -OCH3 is 1. The van der Waals surface area contributed by atoms with Crippen LogP contribution in [0.15, 0.2) is 24.3 Å². The van der Waals surface area contributed by atoms with E-state index in [2.05, 4.69) is 16.0 Å². The lowest BCUT2D eigenvalue weighted by Gasteiger charge is -2.13. The van der Waals surface area contributed by atoms with Crippen LogP contribution in [0.4, 0.5) is 16.2 Å². The number of anilines is 2. The molecule has 1 aromatic rings. The molecule has 5 N–H and O–H groups in total. The fourth-order valence-corrected chi connectivity index (χ4v) is 2.51. The molecule has 9 heteroatoms. The standard InChI is InChI=1S/C17H26N4O4.ClH/c1-24-15(10-18)9-16(22)20-12-4-6-13(7-5-12)21-17(23)19-11-14-3-2-8-25-14;/h4-7,14-15H,2-3,8-11,18H2,1H3,(H,20,22)(H2,19,21,23);1H. The van der Waals surface area contributed by atoms with Gasteiger partial charge < -0.3 is 31.2 Å². The summed E-state index contributed by atoms with van der Waals surface area (Å²) in [6.45, 7) is 1.55. The third kappa shape index (κ3) is 7.57. The van der Waals surface area contributed by atoms with Crippen molar-refractivity contribution >= 4 is 35.7 Å². The minimum absolute atomic E-state index is 0. The van der Waals surface area contributed by atoms with E-state index in [9.17, 15) is 9.59 Å². The van der Waals surface area contributed by atoms with Crippen molar-refractivity contribution in [2.75, 3.05) is 37.4 Å². The van der Waals surface area contributed by atoms with Gasteiger partial charge in [-0.2, -0.15) is 0 Å². The Hall–Kier alpha value is -1.87. The lowest BCUT2D eigenvalue weighted by molar-refractivity contribution is -0.118. The number of halogens is 1. The highest BCUT2D eigenvalue weighted by molar-refractivity contribution is 5.92. The smallest absolute Gasteiger partial charge is 0.319 e. The predicted molar refractivity (Wildman–Crippen MR) is 103 cm³/mol. The van der Waals surface area contributed by atoms with Crippen LogP contribution in [0, 0.1) is 0 Å². The monoisotopic (exact) mass is 386 g/mol. The van der Waals surface area contributed by atoms with Gasteiger partial charge in [0.2, 0.25) is 5.91 Å². The first-order valence-electron chi connectivity index (χ1n) is 8.40. The van der Waals surface area contributed by atoms with Crippen LogP contribution in [0.2, 0.25) is 0 Å². The van der Waals surface area contributed by atoms with E-state index in [1.165, 1.54) is 7.11 Å². The fraction of sp³-hybridized carbons (Fsp3) is 0.529. The summed E-state index contributed by atoms with van der Waals surface area (Å²) in [6, 6.07) is 6.60. The molecule has 2 unspecified atom stereocenters. The highest BCUT2D eigenvalue weighted by atomic mass is 35.5. The first-order chi connectivity index (χ1) is 12.1. The molecule has 8 nitrogen and oxygen atoms in total.